The normalized spacial score (nSPS) is 24.0. The molecule has 0 saturated carbocycles. The minimum Gasteiger partial charge on any atom is -0.391 e. The standard InChI is InChI=1S/C10H14BrNOS/c11-7-4-8(14-6-7)5-10(13)9-2-1-3-12-9/h4,6,9-10,12-13H,1-3,5H2/t9-,10?/m0/s1. The van der Waals surface area contributed by atoms with Gasteiger partial charge in [0.1, 0.15) is 0 Å². The lowest BCUT2D eigenvalue weighted by molar-refractivity contribution is 0.137. The third kappa shape index (κ3) is 2.57. The molecule has 1 aliphatic heterocycles. The predicted octanol–water partition coefficient (Wildman–Crippen LogP) is 2.17. The molecule has 1 aromatic rings. The Morgan fingerprint density at radius 2 is 2.57 bits per heavy atom. The topological polar surface area (TPSA) is 32.3 Å². The van der Waals surface area contributed by atoms with Crippen LogP contribution in [0.2, 0.25) is 0 Å². The summed E-state index contributed by atoms with van der Waals surface area (Å²) >= 11 is 5.12. The Labute approximate surface area is 96.5 Å². The Balaban J connectivity index is 1.90. The second kappa shape index (κ2) is 4.75. The molecule has 0 aliphatic carbocycles. The van der Waals surface area contributed by atoms with E-state index in [-0.39, 0.29) is 6.10 Å². The maximum Gasteiger partial charge on any atom is 0.0741 e. The van der Waals surface area contributed by atoms with Gasteiger partial charge in [-0.1, -0.05) is 0 Å². The zero-order valence-electron chi connectivity index (χ0n) is 7.87. The second-order valence-corrected chi connectivity index (χ2v) is 5.62. The largest absolute Gasteiger partial charge is 0.391 e. The third-order valence-electron chi connectivity index (χ3n) is 2.59. The highest BCUT2D eigenvalue weighted by atomic mass is 79.9. The van der Waals surface area contributed by atoms with Crippen molar-refractivity contribution in [3.63, 3.8) is 0 Å². The van der Waals surface area contributed by atoms with Gasteiger partial charge in [0.15, 0.2) is 0 Å². The summed E-state index contributed by atoms with van der Waals surface area (Å²) in [6.45, 7) is 1.05. The summed E-state index contributed by atoms with van der Waals surface area (Å²) in [5.41, 5.74) is 0. The molecule has 2 heterocycles. The molecule has 0 spiro atoms. The van der Waals surface area contributed by atoms with Crippen LogP contribution in [0.4, 0.5) is 0 Å². The van der Waals surface area contributed by atoms with Gasteiger partial charge in [-0.15, -0.1) is 11.3 Å². The quantitative estimate of drug-likeness (QED) is 0.886. The van der Waals surface area contributed by atoms with Crippen LogP contribution in [0.25, 0.3) is 0 Å². The molecule has 0 bridgehead atoms. The second-order valence-electron chi connectivity index (χ2n) is 3.71. The fourth-order valence-electron chi connectivity index (χ4n) is 1.85. The van der Waals surface area contributed by atoms with Crippen molar-refractivity contribution in [3.8, 4) is 0 Å². The van der Waals surface area contributed by atoms with Crippen LogP contribution in [0, 0.1) is 0 Å². The van der Waals surface area contributed by atoms with E-state index in [0.717, 1.165) is 23.9 Å². The zero-order chi connectivity index (χ0) is 9.97. The van der Waals surface area contributed by atoms with Crippen molar-refractivity contribution >= 4 is 27.3 Å². The number of thiophene rings is 1. The van der Waals surface area contributed by atoms with Crippen molar-refractivity contribution in [3.05, 3.63) is 20.8 Å². The highest BCUT2D eigenvalue weighted by Gasteiger charge is 2.22. The molecule has 1 saturated heterocycles. The van der Waals surface area contributed by atoms with E-state index in [9.17, 15) is 5.11 Å². The van der Waals surface area contributed by atoms with Crippen LogP contribution >= 0.6 is 27.3 Å². The van der Waals surface area contributed by atoms with Crippen molar-refractivity contribution < 1.29 is 5.11 Å². The first kappa shape index (κ1) is 10.6. The first-order chi connectivity index (χ1) is 6.75. The fourth-order valence-corrected chi connectivity index (χ4v) is 3.35. The van der Waals surface area contributed by atoms with Crippen molar-refractivity contribution in [2.75, 3.05) is 6.54 Å². The van der Waals surface area contributed by atoms with Crippen LogP contribution in [-0.2, 0) is 6.42 Å². The van der Waals surface area contributed by atoms with Gasteiger partial charge in [-0.25, -0.2) is 0 Å². The molecule has 1 fully saturated rings. The Morgan fingerprint density at radius 3 is 3.14 bits per heavy atom. The monoisotopic (exact) mass is 275 g/mol. The molecule has 78 valence electrons. The molecular formula is C10H14BrNOS. The molecule has 1 unspecified atom stereocenters. The van der Waals surface area contributed by atoms with Crippen LogP contribution in [0.15, 0.2) is 15.9 Å². The minimum atomic E-state index is -0.233. The molecule has 2 atom stereocenters. The van der Waals surface area contributed by atoms with Crippen LogP contribution in [0.1, 0.15) is 17.7 Å². The summed E-state index contributed by atoms with van der Waals surface area (Å²) in [6, 6.07) is 2.39. The van der Waals surface area contributed by atoms with Gasteiger partial charge >= 0.3 is 0 Å². The molecule has 2 rings (SSSR count). The maximum absolute atomic E-state index is 9.94. The lowest BCUT2D eigenvalue weighted by Gasteiger charge is -2.17. The molecule has 0 amide bonds. The Bertz CT molecular complexity index is 296. The van der Waals surface area contributed by atoms with Crippen molar-refractivity contribution in [1.82, 2.24) is 5.32 Å². The predicted molar refractivity (Wildman–Crippen MR) is 62.8 cm³/mol. The smallest absolute Gasteiger partial charge is 0.0741 e. The Hall–Kier alpha value is 0.1000. The minimum absolute atomic E-state index is 0.233. The Kier molecular flexibility index (Phi) is 3.60. The number of hydrogen-bond acceptors (Lipinski definition) is 3. The highest BCUT2D eigenvalue weighted by Crippen LogP contribution is 2.22. The summed E-state index contributed by atoms with van der Waals surface area (Å²) in [5.74, 6) is 0. The lowest BCUT2D eigenvalue weighted by atomic mass is 10.1. The average molecular weight is 276 g/mol. The lowest BCUT2D eigenvalue weighted by Crippen LogP contribution is -2.35. The number of rotatable bonds is 3. The summed E-state index contributed by atoms with van der Waals surface area (Å²) in [5, 5.41) is 15.3. The van der Waals surface area contributed by atoms with Crippen LogP contribution in [0.3, 0.4) is 0 Å². The van der Waals surface area contributed by atoms with E-state index in [1.807, 2.05) is 0 Å². The number of aliphatic hydroxyl groups is 1. The van der Waals surface area contributed by atoms with E-state index in [2.05, 4.69) is 32.7 Å². The van der Waals surface area contributed by atoms with Gasteiger partial charge in [-0.3, -0.25) is 0 Å². The number of aliphatic hydroxyl groups excluding tert-OH is 1. The van der Waals surface area contributed by atoms with Gasteiger partial charge in [0.05, 0.1) is 6.10 Å². The first-order valence-electron chi connectivity index (χ1n) is 4.90. The third-order valence-corrected chi connectivity index (χ3v) is 4.31. The van der Waals surface area contributed by atoms with Crippen LogP contribution < -0.4 is 5.32 Å². The summed E-state index contributed by atoms with van der Waals surface area (Å²) in [6.07, 6.45) is 2.83. The van der Waals surface area contributed by atoms with Gasteiger partial charge < -0.3 is 10.4 Å². The summed E-state index contributed by atoms with van der Waals surface area (Å²) < 4.78 is 1.11. The van der Waals surface area contributed by atoms with Crippen LogP contribution in [-0.4, -0.2) is 23.8 Å². The van der Waals surface area contributed by atoms with Crippen molar-refractivity contribution in [2.45, 2.75) is 31.4 Å². The van der Waals surface area contributed by atoms with E-state index in [1.165, 1.54) is 11.3 Å². The van der Waals surface area contributed by atoms with Gasteiger partial charge in [0.25, 0.3) is 0 Å². The molecule has 1 aliphatic rings. The number of nitrogens with one attached hydrogen (secondary N) is 1. The molecule has 1 aromatic heterocycles. The molecule has 4 heteroatoms. The van der Waals surface area contributed by atoms with Crippen LogP contribution in [0.5, 0.6) is 0 Å². The molecule has 14 heavy (non-hydrogen) atoms. The molecule has 2 N–H and O–H groups in total. The van der Waals surface area contributed by atoms with E-state index in [1.54, 1.807) is 11.3 Å². The molecular weight excluding hydrogens is 262 g/mol. The highest BCUT2D eigenvalue weighted by molar-refractivity contribution is 9.10. The van der Waals surface area contributed by atoms with Crippen molar-refractivity contribution in [1.29, 1.82) is 0 Å². The van der Waals surface area contributed by atoms with Gasteiger partial charge in [0, 0.05) is 27.2 Å². The SMILES string of the molecule is OC(Cc1cc(Br)cs1)[C@@H]1CCCN1. The van der Waals surface area contributed by atoms with E-state index < -0.39 is 0 Å². The number of halogens is 1. The van der Waals surface area contributed by atoms with Gasteiger partial charge in [0.2, 0.25) is 0 Å². The first-order valence-corrected chi connectivity index (χ1v) is 6.57. The fraction of sp³-hybridized carbons (Fsp3) is 0.600. The Morgan fingerprint density at radius 1 is 1.71 bits per heavy atom. The van der Waals surface area contributed by atoms with E-state index in [0.29, 0.717) is 6.04 Å². The molecule has 0 aromatic carbocycles. The van der Waals surface area contributed by atoms with E-state index in [4.69, 9.17) is 0 Å². The number of hydrogen-bond donors (Lipinski definition) is 2. The van der Waals surface area contributed by atoms with Gasteiger partial charge in [-0.05, 0) is 41.4 Å². The van der Waals surface area contributed by atoms with E-state index >= 15 is 0 Å². The maximum atomic E-state index is 9.94. The van der Waals surface area contributed by atoms with Gasteiger partial charge in [-0.2, -0.15) is 0 Å². The van der Waals surface area contributed by atoms with Crippen molar-refractivity contribution in [2.24, 2.45) is 0 Å². The zero-order valence-corrected chi connectivity index (χ0v) is 10.3. The summed E-state index contributed by atoms with van der Waals surface area (Å²) in [7, 11) is 0. The average Bonchev–Trinajstić information content (AvgIpc) is 2.75. The summed E-state index contributed by atoms with van der Waals surface area (Å²) in [4.78, 5) is 1.25. The molecule has 0 radical (unpaired) electrons. The molecule has 2 nitrogen and oxygen atoms in total.